The third kappa shape index (κ3) is 1.60. The zero-order valence-electron chi connectivity index (χ0n) is 6.60. The van der Waals surface area contributed by atoms with Crippen LogP contribution in [0.15, 0.2) is 18.2 Å². The topological polar surface area (TPSA) is 55.1 Å². The Balaban J connectivity index is 3.05. The minimum absolute atomic E-state index is 0.330. The van der Waals surface area contributed by atoms with E-state index >= 15 is 0 Å². The Morgan fingerprint density at radius 2 is 2.25 bits per heavy atom. The van der Waals surface area contributed by atoms with E-state index in [1.165, 1.54) is 18.2 Å². The molecule has 12 heavy (non-hydrogen) atoms. The van der Waals surface area contributed by atoms with Crippen LogP contribution in [-0.2, 0) is 0 Å². The standard InChI is InChI=1S/C8H9FN2O/c1-5-4-6(8(12)11-10)2-3-7(5)9/h2-4H,10H2,1H3,(H,11,12). The van der Waals surface area contributed by atoms with Crippen LogP contribution in [-0.4, -0.2) is 5.91 Å². The predicted octanol–water partition coefficient (Wildman–Crippen LogP) is 0.738. The van der Waals surface area contributed by atoms with Gasteiger partial charge in [-0.1, -0.05) is 0 Å². The summed E-state index contributed by atoms with van der Waals surface area (Å²) in [6.45, 7) is 1.59. The molecule has 0 radical (unpaired) electrons. The highest BCUT2D eigenvalue weighted by molar-refractivity contribution is 5.93. The van der Waals surface area contributed by atoms with E-state index in [1.54, 1.807) is 6.92 Å². The summed E-state index contributed by atoms with van der Waals surface area (Å²) in [5, 5.41) is 0. The molecule has 0 spiro atoms. The normalized spacial score (nSPS) is 9.58. The van der Waals surface area contributed by atoms with Crippen molar-refractivity contribution >= 4 is 5.91 Å². The number of hydrogen-bond acceptors (Lipinski definition) is 2. The highest BCUT2D eigenvalue weighted by Gasteiger charge is 2.04. The molecule has 0 unspecified atom stereocenters. The Kier molecular flexibility index (Phi) is 2.40. The van der Waals surface area contributed by atoms with Crippen LogP contribution in [0.3, 0.4) is 0 Å². The molecule has 0 saturated heterocycles. The molecule has 0 aliphatic carbocycles. The lowest BCUT2D eigenvalue weighted by Crippen LogP contribution is -2.30. The van der Waals surface area contributed by atoms with E-state index < -0.39 is 5.91 Å². The Morgan fingerprint density at radius 3 is 2.75 bits per heavy atom. The number of halogens is 1. The van der Waals surface area contributed by atoms with Crippen LogP contribution in [0.1, 0.15) is 15.9 Å². The average Bonchev–Trinajstić information content (AvgIpc) is 2.08. The lowest BCUT2D eigenvalue weighted by molar-refractivity contribution is 0.0953. The van der Waals surface area contributed by atoms with E-state index in [4.69, 9.17) is 5.84 Å². The molecule has 1 rings (SSSR count). The molecule has 0 atom stereocenters. The third-order valence-electron chi connectivity index (χ3n) is 1.55. The van der Waals surface area contributed by atoms with Gasteiger partial charge in [0.15, 0.2) is 0 Å². The molecule has 3 N–H and O–H groups in total. The highest BCUT2D eigenvalue weighted by atomic mass is 19.1. The average molecular weight is 168 g/mol. The number of nitrogens with one attached hydrogen (secondary N) is 1. The lowest BCUT2D eigenvalue weighted by atomic mass is 10.1. The molecule has 0 aliphatic heterocycles. The van der Waals surface area contributed by atoms with Gasteiger partial charge in [0.2, 0.25) is 0 Å². The predicted molar refractivity (Wildman–Crippen MR) is 42.8 cm³/mol. The smallest absolute Gasteiger partial charge is 0.265 e. The van der Waals surface area contributed by atoms with E-state index in [9.17, 15) is 9.18 Å². The van der Waals surface area contributed by atoms with Crippen molar-refractivity contribution in [3.8, 4) is 0 Å². The highest BCUT2D eigenvalue weighted by Crippen LogP contribution is 2.08. The number of carbonyl (C=O) groups is 1. The van der Waals surface area contributed by atoms with E-state index in [1.807, 2.05) is 5.43 Å². The first-order chi connectivity index (χ1) is 5.65. The number of carbonyl (C=O) groups excluding carboxylic acids is 1. The van der Waals surface area contributed by atoms with Gasteiger partial charge in [-0.2, -0.15) is 0 Å². The fraction of sp³-hybridized carbons (Fsp3) is 0.125. The number of aryl methyl sites for hydroxylation is 1. The van der Waals surface area contributed by atoms with Gasteiger partial charge in [0.1, 0.15) is 5.82 Å². The molecular formula is C8H9FN2O. The molecule has 0 fully saturated rings. The van der Waals surface area contributed by atoms with Gasteiger partial charge in [0.25, 0.3) is 5.91 Å². The molecular weight excluding hydrogens is 159 g/mol. The minimum Gasteiger partial charge on any atom is -0.290 e. The van der Waals surface area contributed by atoms with Crippen LogP contribution >= 0.6 is 0 Å². The molecule has 1 amide bonds. The second-order valence-electron chi connectivity index (χ2n) is 2.44. The van der Waals surface area contributed by atoms with Crippen LogP contribution in [0, 0.1) is 12.7 Å². The SMILES string of the molecule is Cc1cc(C(=O)NN)ccc1F. The largest absolute Gasteiger partial charge is 0.290 e. The van der Waals surface area contributed by atoms with Crippen molar-refractivity contribution < 1.29 is 9.18 Å². The molecule has 64 valence electrons. The second kappa shape index (κ2) is 3.32. The molecule has 0 saturated carbocycles. The van der Waals surface area contributed by atoms with E-state index in [-0.39, 0.29) is 5.82 Å². The van der Waals surface area contributed by atoms with E-state index in [2.05, 4.69) is 0 Å². The first-order valence-electron chi connectivity index (χ1n) is 3.42. The van der Waals surface area contributed by atoms with Crippen molar-refractivity contribution in [1.29, 1.82) is 0 Å². The second-order valence-corrected chi connectivity index (χ2v) is 2.44. The Morgan fingerprint density at radius 1 is 1.58 bits per heavy atom. The summed E-state index contributed by atoms with van der Waals surface area (Å²) in [4.78, 5) is 10.9. The monoisotopic (exact) mass is 168 g/mol. The van der Waals surface area contributed by atoms with Crippen LogP contribution in [0.5, 0.6) is 0 Å². The maximum absolute atomic E-state index is 12.7. The summed E-state index contributed by atoms with van der Waals surface area (Å²) in [6.07, 6.45) is 0. The number of hydrogen-bond donors (Lipinski definition) is 2. The number of amides is 1. The Hall–Kier alpha value is -1.42. The van der Waals surface area contributed by atoms with Gasteiger partial charge in [-0.3, -0.25) is 10.2 Å². The molecule has 4 heteroatoms. The number of benzene rings is 1. The minimum atomic E-state index is -0.418. The quantitative estimate of drug-likeness (QED) is 0.369. The number of rotatable bonds is 1. The molecule has 1 aromatic carbocycles. The summed E-state index contributed by atoms with van der Waals surface area (Å²) >= 11 is 0. The van der Waals surface area contributed by atoms with Gasteiger partial charge >= 0.3 is 0 Å². The zero-order chi connectivity index (χ0) is 9.14. The summed E-state index contributed by atoms with van der Waals surface area (Å²) in [5.41, 5.74) is 2.75. The van der Waals surface area contributed by atoms with E-state index in [0.29, 0.717) is 11.1 Å². The van der Waals surface area contributed by atoms with Gasteiger partial charge in [-0.05, 0) is 30.7 Å². The van der Waals surface area contributed by atoms with Crippen LogP contribution in [0.4, 0.5) is 4.39 Å². The fourth-order valence-electron chi connectivity index (χ4n) is 0.869. The van der Waals surface area contributed by atoms with Crippen LogP contribution in [0.25, 0.3) is 0 Å². The van der Waals surface area contributed by atoms with E-state index in [0.717, 1.165) is 0 Å². The maximum atomic E-state index is 12.7. The van der Waals surface area contributed by atoms with Gasteiger partial charge in [-0.25, -0.2) is 10.2 Å². The maximum Gasteiger partial charge on any atom is 0.265 e. The molecule has 0 bridgehead atoms. The summed E-state index contributed by atoms with van der Waals surface area (Å²) in [5.74, 6) is 4.15. The van der Waals surface area contributed by atoms with Crippen molar-refractivity contribution in [1.82, 2.24) is 5.43 Å². The number of nitrogen functional groups attached to an aromatic ring is 1. The third-order valence-corrected chi connectivity index (χ3v) is 1.55. The van der Waals surface area contributed by atoms with Gasteiger partial charge < -0.3 is 0 Å². The van der Waals surface area contributed by atoms with Crippen molar-refractivity contribution in [2.75, 3.05) is 0 Å². The summed E-state index contributed by atoms with van der Waals surface area (Å²) in [6, 6.07) is 4.06. The summed E-state index contributed by atoms with van der Waals surface area (Å²) in [7, 11) is 0. The molecule has 0 aliphatic rings. The van der Waals surface area contributed by atoms with Crippen molar-refractivity contribution in [2.24, 2.45) is 5.84 Å². The fourth-order valence-corrected chi connectivity index (χ4v) is 0.869. The van der Waals surface area contributed by atoms with Crippen LogP contribution < -0.4 is 11.3 Å². The first-order valence-corrected chi connectivity index (χ1v) is 3.42. The molecule has 0 aromatic heterocycles. The number of hydrazine groups is 1. The zero-order valence-corrected chi connectivity index (χ0v) is 6.60. The lowest BCUT2D eigenvalue weighted by Gasteiger charge is -2.00. The van der Waals surface area contributed by atoms with Crippen molar-refractivity contribution in [2.45, 2.75) is 6.92 Å². The first kappa shape index (κ1) is 8.67. The molecule has 0 heterocycles. The Labute approximate surface area is 69.3 Å². The van der Waals surface area contributed by atoms with Crippen molar-refractivity contribution in [3.63, 3.8) is 0 Å². The van der Waals surface area contributed by atoms with Crippen molar-refractivity contribution in [3.05, 3.63) is 35.1 Å². The molecule has 3 nitrogen and oxygen atoms in total. The van der Waals surface area contributed by atoms with Gasteiger partial charge in [0.05, 0.1) is 0 Å². The Bertz CT molecular complexity index is 312. The number of nitrogens with two attached hydrogens (primary N) is 1. The van der Waals surface area contributed by atoms with Gasteiger partial charge in [0, 0.05) is 5.56 Å². The molecule has 1 aromatic rings. The van der Waals surface area contributed by atoms with Gasteiger partial charge in [-0.15, -0.1) is 0 Å². The van der Waals surface area contributed by atoms with Crippen LogP contribution in [0.2, 0.25) is 0 Å². The summed E-state index contributed by atoms with van der Waals surface area (Å²) < 4.78 is 12.7.